The summed E-state index contributed by atoms with van der Waals surface area (Å²) in [6.07, 6.45) is 0. The topological polar surface area (TPSA) is 57.0 Å². The van der Waals surface area contributed by atoms with E-state index in [2.05, 4.69) is 128 Å². The Bertz CT molecular complexity index is 3450. The molecule has 0 saturated heterocycles. The van der Waals surface area contributed by atoms with E-state index in [9.17, 15) is 0 Å². The molecule has 2 aliphatic carbocycles. The fourth-order valence-electron chi connectivity index (χ4n) is 9.75. The summed E-state index contributed by atoms with van der Waals surface area (Å²) in [6.45, 7) is 4.64. The molecular weight excluding hydrogens is 639 g/mol. The molecule has 0 aliphatic heterocycles. The molecule has 0 unspecified atom stereocenters. The van der Waals surface area contributed by atoms with Crippen LogP contribution in [0.1, 0.15) is 25.0 Å². The highest BCUT2D eigenvalue weighted by atomic mass is 16.3. The van der Waals surface area contributed by atoms with Gasteiger partial charge in [0, 0.05) is 37.9 Å². The summed E-state index contributed by atoms with van der Waals surface area (Å²) in [7, 11) is 0. The van der Waals surface area contributed by atoms with Crippen LogP contribution in [-0.2, 0) is 5.41 Å². The zero-order valence-electron chi connectivity index (χ0n) is 28.3. The van der Waals surface area contributed by atoms with Crippen molar-refractivity contribution in [3.8, 4) is 39.3 Å². The van der Waals surface area contributed by atoms with Gasteiger partial charge in [0.1, 0.15) is 28.0 Å². The van der Waals surface area contributed by atoms with Crippen LogP contribution in [0.3, 0.4) is 0 Å². The second-order valence-corrected chi connectivity index (χ2v) is 14.9. The van der Waals surface area contributed by atoms with E-state index in [1.807, 2.05) is 18.2 Å². The van der Waals surface area contributed by atoms with E-state index in [1.54, 1.807) is 0 Å². The van der Waals surface area contributed by atoms with Crippen LogP contribution in [0.2, 0.25) is 0 Å². The normalized spacial score (nSPS) is 14.1. The number of furan rings is 2. The molecule has 7 aromatic carbocycles. The summed E-state index contributed by atoms with van der Waals surface area (Å²) in [5.41, 5.74) is 15.1. The van der Waals surface area contributed by atoms with Gasteiger partial charge in [-0.25, -0.2) is 9.97 Å². The number of hydrogen-bond donors (Lipinski definition) is 0. The highest BCUT2D eigenvalue weighted by Crippen LogP contribution is 2.54. The predicted molar refractivity (Wildman–Crippen MR) is 210 cm³/mol. The van der Waals surface area contributed by atoms with Gasteiger partial charge in [-0.2, -0.15) is 0 Å². The molecule has 0 fully saturated rings. The Morgan fingerprint density at radius 3 is 2.10 bits per heavy atom. The van der Waals surface area contributed by atoms with Crippen molar-refractivity contribution in [1.29, 1.82) is 0 Å². The third-order valence-electron chi connectivity index (χ3n) is 12.0. The predicted octanol–water partition coefficient (Wildman–Crippen LogP) is 12.5. The minimum absolute atomic E-state index is 0.163. The molecule has 4 aromatic heterocycles. The van der Waals surface area contributed by atoms with Gasteiger partial charge >= 0.3 is 0 Å². The highest BCUT2D eigenvalue weighted by molar-refractivity contribution is 6.38. The average molecular weight is 666 g/mol. The zero-order valence-corrected chi connectivity index (χ0v) is 28.3. The molecule has 0 amide bonds. The van der Waals surface area contributed by atoms with Crippen LogP contribution in [0, 0.1) is 0 Å². The second-order valence-electron chi connectivity index (χ2n) is 14.9. The first-order chi connectivity index (χ1) is 25.6. The minimum Gasteiger partial charge on any atom is -0.456 e. The first kappa shape index (κ1) is 27.1. The molecule has 2 aliphatic rings. The first-order valence-electron chi connectivity index (χ1n) is 17.8. The van der Waals surface area contributed by atoms with E-state index in [0.717, 1.165) is 66.5 Å². The number of aromatic nitrogens is 3. The van der Waals surface area contributed by atoms with Crippen LogP contribution in [-0.4, -0.2) is 14.5 Å². The van der Waals surface area contributed by atoms with Crippen molar-refractivity contribution < 1.29 is 8.83 Å². The van der Waals surface area contributed by atoms with E-state index in [4.69, 9.17) is 18.8 Å². The largest absolute Gasteiger partial charge is 0.456 e. The number of benzene rings is 7. The molecule has 0 radical (unpaired) electrons. The minimum atomic E-state index is -0.163. The lowest BCUT2D eigenvalue weighted by atomic mass is 9.82. The number of hydrogen-bond acceptors (Lipinski definition) is 4. The monoisotopic (exact) mass is 665 g/mol. The van der Waals surface area contributed by atoms with Crippen molar-refractivity contribution in [2.75, 3.05) is 0 Å². The van der Waals surface area contributed by atoms with Gasteiger partial charge in [0.15, 0.2) is 5.82 Å². The lowest BCUT2D eigenvalue weighted by Crippen LogP contribution is -2.14. The van der Waals surface area contributed by atoms with Gasteiger partial charge in [0.2, 0.25) is 5.71 Å². The molecule has 0 bridgehead atoms. The van der Waals surface area contributed by atoms with E-state index in [-0.39, 0.29) is 5.41 Å². The van der Waals surface area contributed by atoms with Gasteiger partial charge in [-0.3, -0.25) is 4.57 Å². The van der Waals surface area contributed by atoms with Crippen LogP contribution in [0.5, 0.6) is 0 Å². The molecule has 0 N–H and O–H groups in total. The number of para-hydroxylation sites is 1. The van der Waals surface area contributed by atoms with Crippen LogP contribution < -0.4 is 0 Å². The molecule has 13 rings (SSSR count). The maximum Gasteiger partial charge on any atom is 0.247 e. The summed E-state index contributed by atoms with van der Waals surface area (Å²) in [4.78, 5) is 11.1. The third-order valence-corrected chi connectivity index (χ3v) is 12.0. The number of fused-ring (bicyclic) bond motifs is 7. The lowest BCUT2D eigenvalue weighted by molar-refractivity contribution is 0.653. The molecule has 5 heteroatoms. The lowest BCUT2D eigenvalue weighted by Gasteiger charge is -2.21. The third kappa shape index (κ3) is 3.05. The van der Waals surface area contributed by atoms with Crippen molar-refractivity contribution >= 4 is 76.7 Å². The molecule has 0 atom stereocenters. The maximum absolute atomic E-state index is 6.57. The van der Waals surface area contributed by atoms with Crippen molar-refractivity contribution in [3.63, 3.8) is 0 Å². The average Bonchev–Trinajstić information content (AvgIpc) is 3.88. The van der Waals surface area contributed by atoms with Gasteiger partial charge < -0.3 is 8.83 Å². The summed E-state index contributed by atoms with van der Waals surface area (Å²) in [5.74, 6) is 0.777. The van der Waals surface area contributed by atoms with E-state index >= 15 is 0 Å². The smallest absolute Gasteiger partial charge is 0.247 e. The van der Waals surface area contributed by atoms with Crippen molar-refractivity contribution in [2.45, 2.75) is 19.3 Å². The summed E-state index contributed by atoms with van der Waals surface area (Å²) >= 11 is 0. The Kier molecular flexibility index (Phi) is 4.66. The molecule has 52 heavy (non-hydrogen) atoms. The molecule has 0 spiro atoms. The zero-order chi connectivity index (χ0) is 34.0. The summed E-state index contributed by atoms with van der Waals surface area (Å²) < 4.78 is 15.4. The second kappa shape index (κ2) is 8.95. The SMILES string of the molecule is CC1(C)c2ccccc2-c2c(-c3nc4oc5ccccc5c4nc3-n3c4ccc5cccc6c5c4c4c5c(ccc43)oc3cccc-6c35)cccc21. The van der Waals surface area contributed by atoms with Crippen molar-refractivity contribution in [1.82, 2.24) is 14.5 Å². The number of rotatable bonds is 2. The molecule has 0 saturated carbocycles. The van der Waals surface area contributed by atoms with Gasteiger partial charge in [-0.05, 0) is 80.6 Å². The van der Waals surface area contributed by atoms with Gasteiger partial charge in [-0.1, -0.05) is 105 Å². The molecular formula is C47H27N3O2. The van der Waals surface area contributed by atoms with Crippen molar-refractivity contribution in [2.24, 2.45) is 0 Å². The standard InChI is InChI=1S/C47H27N3O2/c1-47(2)30-16-5-3-11-27(30)38-29(15-8-17-31(38)47)43-45(48-44-28-12-4-6-18-34(28)52-46(44)49-43)50-32-21-20-24-10-7-13-25-26-14-9-19-35-39(26)42-36(51-35)23-22-33(50)41(42)40(32)37(24)25/h3-23H,1-2H3. The Labute approximate surface area is 296 Å². The Morgan fingerprint density at radius 1 is 0.500 bits per heavy atom. The summed E-state index contributed by atoms with van der Waals surface area (Å²) in [5, 5.41) is 8.11. The molecule has 5 nitrogen and oxygen atoms in total. The van der Waals surface area contributed by atoms with Crippen LogP contribution in [0.15, 0.2) is 136 Å². The Hall–Kier alpha value is -6.72. The van der Waals surface area contributed by atoms with Crippen LogP contribution in [0.4, 0.5) is 0 Å². The van der Waals surface area contributed by atoms with Gasteiger partial charge in [0.05, 0.1) is 11.0 Å². The van der Waals surface area contributed by atoms with Crippen LogP contribution in [0.25, 0.3) is 116 Å². The molecule has 4 heterocycles. The van der Waals surface area contributed by atoms with Gasteiger partial charge in [-0.15, -0.1) is 0 Å². The fourth-order valence-corrected chi connectivity index (χ4v) is 9.75. The van der Waals surface area contributed by atoms with Crippen LogP contribution >= 0.6 is 0 Å². The van der Waals surface area contributed by atoms with E-state index in [1.165, 1.54) is 54.9 Å². The first-order valence-corrected chi connectivity index (χ1v) is 17.8. The Morgan fingerprint density at radius 2 is 1.17 bits per heavy atom. The number of nitrogens with zero attached hydrogens (tertiary/aromatic N) is 3. The van der Waals surface area contributed by atoms with E-state index in [0.29, 0.717) is 5.71 Å². The quantitative estimate of drug-likeness (QED) is 0.184. The Balaban J connectivity index is 1.26. The fraction of sp³-hybridized carbons (Fsp3) is 0.0638. The highest BCUT2D eigenvalue weighted by Gasteiger charge is 2.38. The maximum atomic E-state index is 6.57. The molecule has 242 valence electrons. The summed E-state index contributed by atoms with van der Waals surface area (Å²) in [6, 6.07) is 45.5. The molecule has 11 aromatic rings. The van der Waals surface area contributed by atoms with Gasteiger partial charge in [0.25, 0.3) is 0 Å². The van der Waals surface area contributed by atoms with E-state index < -0.39 is 0 Å². The van der Waals surface area contributed by atoms with Crippen molar-refractivity contribution in [3.05, 3.63) is 139 Å².